The van der Waals surface area contributed by atoms with E-state index in [4.69, 9.17) is 5.11 Å². The van der Waals surface area contributed by atoms with Gasteiger partial charge in [0.05, 0.1) is 23.9 Å². The van der Waals surface area contributed by atoms with E-state index in [9.17, 15) is 9.18 Å². The molecule has 19 heavy (non-hydrogen) atoms. The molecule has 0 aliphatic carbocycles. The fourth-order valence-corrected chi connectivity index (χ4v) is 2.73. The summed E-state index contributed by atoms with van der Waals surface area (Å²) in [6.07, 6.45) is 3.68. The van der Waals surface area contributed by atoms with Gasteiger partial charge in [-0.25, -0.2) is 4.39 Å². The summed E-state index contributed by atoms with van der Waals surface area (Å²) in [6.45, 7) is 3.47. The van der Waals surface area contributed by atoms with Gasteiger partial charge in [0.15, 0.2) is 0 Å². The standard InChI is InChI=1S/C14H19FN2O2/c1-2-13(12-6-5-11(15)8-16-12)17-7-3-4-10(9-17)14(18)19/h5-6,8,10,13H,2-4,7,9H2,1H3,(H,18,19). The molecular weight excluding hydrogens is 247 g/mol. The normalized spacial score (nSPS) is 22.1. The first-order valence-corrected chi connectivity index (χ1v) is 6.70. The molecule has 0 amide bonds. The van der Waals surface area contributed by atoms with E-state index in [1.165, 1.54) is 12.3 Å². The van der Waals surface area contributed by atoms with Gasteiger partial charge >= 0.3 is 5.97 Å². The quantitative estimate of drug-likeness (QED) is 0.909. The third-order valence-corrected chi connectivity index (χ3v) is 3.72. The smallest absolute Gasteiger partial charge is 0.307 e. The van der Waals surface area contributed by atoms with Crippen molar-refractivity contribution in [3.05, 3.63) is 29.8 Å². The van der Waals surface area contributed by atoms with Gasteiger partial charge in [-0.2, -0.15) is 0 Å². The van der Waals surface area contributed by atoms with Crippen LogP contribution in [-0.2, 0) is 4.79 Å². The van der Waals surface area contributed by atoms with Crippen LogP contribution in [0, 0.1) is 11.7 Å². The zero-order valence-electron chi connectivity index (χ0n) is 11.1. The number of aromatic nitrogens is 1. The van der Waals surface area contributed by atoms with E-state index in [-0.39, 0.29) is 17.8 Å². The number of hydrogen-bond donors (Lipinski definition) is 1. The van der Waals surface area contributed by atoms with Gasteiger partial charge in [0.1, 0.15) is 5.82 Å². The molecule has 5 heteroatoms. The lowest BCUT2D eigenvalue weighted by atomic mass is 9.95. The molecule has 104 valence electrons. The molecule has 4 nitrogen and oxygen atoms in total. The van der Waals surface area contributed by atoms with Gasteiger partial charge in [0.2, 0.25) is 0 Å². The second-order valence-electron chi connectivity index (χ2n) is 5.00. The number of nitrogens with zero attached hydrogens (tertiary/aromatic N) is 2. The second kappa shape index (κ2) is 6.10. The Balaban J connectivity index is 2.12. The Morgan fingerprint density at radius 1 is 1.63 bits per heavy atom. The molecule has 0 spiro atoms. The highest BCUT2D eigenvalue weighted by molar-refractivity contribution is 5.70. The highest BCUT2D eigenvalue weighted by Crippen LogP contribution is 2.28. The Morgan fingerprint density at radius 2 is 2.42 bits per heavy atom. The molecule has 1 aliphatic rings. The molecule has 2 unspecified atom stereocenters. The van der Waals surface area contributed by atoms with Crippen molar-refractivity contribution in [2.24, 2.45) is 5.92 Å². The van der Waals surface area contributed by atoms with Crippen molar-refractivity contribution < 1.29 is 14.3 Å². The van der Waals surface area contributed by atoms with Crippen LogP contribution in [0.4, 0.5) is 4.39 Å². The van der Waals surface area contributed by atoms with Crippen LogP contribution in [0.15, 0.2) is 18.3 Å². The van der Waals surface area contributed by atoms with Gasteiger partial charge in [-0.05, 0) is 37.9 Å². The van der Waals surface area contributed by atoms with Crippen LogP contribution < -0.4 is 0 Å². The van der Waals surface area contributed by atoms with E-state index in [2.05, 4.69) is 9.88 Å². The average Bonchev–Trinajstić information content (AvgIpc) is 2.42. The van der Waals surface area contributed by atoms with Gasteiger partial charge in [0, 0.05) is 6.54 Å². The van der Waals surface area contributed by atoms with Crippen molar-refractivity contribution in [2.45, 2.75) is 32.2 Å². The number of aliphatic carboxylic acids is 1. The zero-order chi connectivity index (χ0) is 13.8. The summed E-state index contributed by atoms with van der Waals surface area (Å²) in [6, 6.07) is 3.17. The van der Waals surface area contributed by atoms with Gasteiger partial charge in [0.25, 0.3) is 0 Å². The molecule has 0 radical (unpaired) electrons. The molecule has 2 atom stereocenters. The van der Waals surface area contributed by atoms with Gasteiger partial charge in [-0.1, -0.05) is 6.92 Å². The first-order valence-electron chi connectivity index (χ1n) is 6.70. The maximum Gasteiger partial charge on any atom is 0.307 e. The monoisotopic (exact) mass is 266 g/mol. The first-order chi connectivity index (χ1) is 9.11. The fraction of sp³-hybridized carbons (Fsp3) is 0.571. The summed E-state index contributed by atoms with van der Waals surface area (Å²) in [7, 11) is 0. The molecule has 2 rings (SSSR count). The highest BCUT2D eigenvalue weighted by atomic mass is 19.1. The number of halogens is 1. The van der Waals surface area contributed by atoms with E-state index in [0.29, 0.717) is 6.54 Å². The maximum absolute atomic E-state index is 12.9. The predicted octanol–water partition coefficient (Wildman–Crippen LogP) is 2.47. The summed E-state index contributed by atoms with van der Waals surface area (Å²) in [4.78, 5) is 17.4. The first kappa shape index (κ1) is 13.9. The van der Waals surface area contributed by atoms with Crippen molar-refractivity contribution in [2.75, 3.05) is 13.1 Å². The van der Waals surface area contributed by atoms with E-state index in [0.717, 1.165) is 31.5 Å². The molecule has 1 saturated heterocycles. The van der Waals surface area contributed by atoms with Crippen molar-refractivity contribution in [1.29, 1.82) is 0 Å². The number of carboxylic acid groups (broad SMARTS) is 1. The van der Waals surface area contributed by atoms with Crippen LogP contribution in [-0.4, -0.2) is 34.0 Å². The Hall–Kier alpha value is -1.49. The highest BCUT2D eigenvalue weighted by Gasteiger charge is 2.30. The molecule has 1 N–H and O–H groups in total. The van der Waals surface area contributed by atoms with E-state index >= 15 is 0 Å². The second-order valence-corrected chi connectivity index (χ2v) is 5.00. The zero-order valence-corrected chi connectivity index (χ0v) is 11.1. The lowest BCUT2D eigenvalue weighted by molar-refractivity contribution is -0.144. The molecule has 0 bridgehead atoms. The van der Waals surface area contributed by atoms with Crippen LogP contribution >= 0.6 is 0 Å². The average molecular weight is 266 g/mol. The summed E-state index contributed by atoms with van der Waals surface area (Å²) >= 11 is 0. The third kappa shape index (κ3) is 3.29. The third-order valence-electron chi connectivity index (χ3n) is 3.72. The van der Waals surface area contributed by atoms with Crippen molar-refractivity contribution in [3.63, 3.8) is 0 Å². The minimum atomic E-state index is -0.730. The van der Waals surface area contributed by atoms with Crippen molar-refractivity contribution in [1.82, 2.24) is 9.88 Å². The van der Waals surface area contributed by atoms with Gasteiger partial charge in [-0.15, -0.1) is 0 Å². The lowest BCUT2D eigenvalue weighted by Crippen LogP contribution is -2.41. The van der Waals surface area contributed by atoms with Gasteiger partial charge < -0.3 is 5.11 Å². The van der Waals surface area contributed by atoms with Crippen LogP contribution in [0.5, 0.6) is 0 Å². The lowest BCUT2D eigenvalue weighted by Gasteiger charge is -2.36. The number of pyridine rings is 1. The molecular formula is C14H19FN2O2. The summed E-state index contributed by atoms with van der Waals surface area (Å²) < 4.78 is 12.9. The summed E-state index contributed by atoms with van der Waals surface area (Å²) in [5.74, 6) is -1.38. The van der Waals surface area contributed by atoms with Crippen LogP contribution in [0.25, 0.3) is 0 Å². The largest absolute Gasteiger partial charge is 0.481 e. The Morgan fingerprint density at radius 3 is 3.00 bits per heavy atom. The molecule has 1 aromatic heterocycles. The van der Waals surface area contributed by atoms with E-state index in [1.54, 1.807) is 6.07 Å². The van der Waals surface area contributed by atoms with Crippen LogP contribution in [0.3, 0.4) is 0 Å². The number of carboxylic acids is 1. The summed E-state index contributed by atoms with van der Waals surface area (Å²) in [5.41, 5.74) is 0.815. The van der Waals surface area contributed by atoms with E-state index < -0.39 is 5.97 Å². The Labute approximate surface area is 112 Å². The minimum absolute atomic E-state index is 0.0720. The van der Waals surface area contributed by atoms with Crippen molar-refractivity contribution in [3.8, 4) is 0 Å². The number of rotatable bonds is 4. The summed E-state index contributed by atoms with van der Waals surface area (Å²) in [5, 5.41) is 9.13. The predicted molar refractivity (Wildman–Crippen MR) is 69.2 cm³/mol. The molecule has 1 aromatic rings. The van der Waals surface area contributed by atoms with Crippen LogP contribution in [0.1, 0.15) is 37.9 Å². The van der Waals surface area contributed by atoms with Gasteiger partial charge in [-0.3, -0.25) is 14.7 Å². The Bertz CT molecular complexity index is 436. The molecule has 0 aromatic carbocycles. The molecule has 1 aliphatic heterocycles. The van der Waals surface area contributed by atoms with Crippen LogP contribution in [0.2, 0.25) is 0 Å². The topological polar surface area (TPSA) is 53.4 Å². The minimum Gasteiger partial charge on any atom is -0.481 e. The Kier molecular flexibility index (Phi) is 4.47. The fourth-order valence-electron chi connectivity index (χ4n) is 2.73. The maximum atomic E-state index is 12.9. The van der Waals surface area contributed by atoms with E-state index in [1.807, 2.05) is 6.92 Å². The van der Waals surface area contributed by atoms with Crippen molar-refractivity contribution >= 4 is 5.97 Å². The number of hydrogen-bond acceptors (Lipinski definition) is 3. The molecule has 0 saturated carbocycles. The number of likely N-dealkylation sites (tertiary alicyclic amines) is 1. The number of carbonyl (C=O) groups is 1. The molecule has 2 heterocycles. The molecule has 1 fully saturated rings. The number of piperidine rings is 1. The SMILES string of the molecule is CCC(c1ccc(F)cn1)N1CCCC(C(=O)O)C1.